The Kier molecular flexibility index (Phi) is 5.49. The summed E-state index contributed by atoms with van der Waals surface area (Å²) >= 11 is 2.07. The summed E-state index contributed by atoms with van der Waals surface area (Å²) in [7, 11) is 0. The SMILES string of the molecule is NC(=O)c1ccccc1I.c1ccncc1. The van der Waals surface area contributed by atoms with E-state index in [-0.39, 0.29) is 5.91 Å². The maximum absolute atomic E-state index is 10.6. The molecular formula is C12H11IN2O. The third-order valence-electron chi connectivity index (χ3n) is 1.71. The highest BCUT2D eigenvalue weighted by Gasteiger charge is 2.01. The fourth-order valence-corrected chi connectivity index (χ4v) is 1.63. The molecule has 0 radical (unpaired) electrons. The molecule has 0 saturated heterocycles. The van der Waals surface area contributed by atoms with Crippen molar-refractivity contribution in [2.45, 2.75) is 0 Å². The summed E-state index contributed by atoms with van der Waals surface area (Å²) in [4.78, 5) is 14.4. The van der Waals surface area contributed by atoms with E-state index >= 15 is 0 Å². The van der Waals surface area contributed by atoms with Crippen LogP contribution in [0.15, 0.2) is 54.9 Å². The molecule has 2 aromatic rings. The van der Waals surface area contributed by atoms with Crippen LogP contribution in [-0.2, 0) is 0 Å². The normalized spacial score (nSPS) is 8.81. The van der Waals surface area contributed by atoms with E-state index in [1.807, 2.05) is 30.3 Å². The van der Waals surface area contributed by atoms with Gasteiger partial charge in [0.15, 0.2) is 0 Å². The molecule has 1 heterocycles. The quantitative estimate of drug-likeness (QED) is 0.819. The summed E-state index contributed by atoms with van der Waals surface area (Å²) in [5.74, 6) is -0.370. The number of carbonyl (C=O) groups is 1. The molecule has 16 heavy (non-hydrogen) atoms. The first-order valence-corrected chi connectivity index (χ1v) is 5.69. The Morgan fingerprint density at radius 1 is 1.06 bits per heavy atom. The van der Waals surface area contributed by atoms with Crippen LogP contribution in [0.5, 0.6) is 0 Å². The smallest absolute Gasteiger partial charge is 0.249 e. The first kappa shape index (κ1) is 12.6. The van der Waals surface area contributed by atoms with E-state index in [1.165, 1.54) is 0 Å². The molecule has 0 aliphatic heterocycles. The van der Waals surface area contributed by atoms with Crippen LogP contribution in [0.4, 0.5) is 0 Å². The van der Waals surface area contributed by atoms with Gasteiger partial charge >= 0.3 is 0 Å². The topological polar surface area (TPSA) is 56.0 Å². The van der Waals surface area contributed by atoms with Crippen LogP contribution in [-0.4, -0.2) is 10.9 Å². The summed E-state index contributed by atoms with van der Waals surface area (Å²) in [5.41, 5.74) is 5.66. The van der Waals surface area contributed by atoms with Crippen molar-refractivity contribution in [2.24, 2.45) is 5.73 Å². The van der Waals surface area contributed by atoms with Crippen molar-refractivity contribution >= 4 is 28.5 Å². The number of halogens is 1. The number of carbonyl (C=O) groups excluding carboxylic acids is 1. The molecule has 0 unspecified atom stereocenters. The van der Waals surface area contributed by atoms with E-state index in [0.717, 1.165) is 3.57 Å². The Labute approximate surface area is 108 Å². The van der Waals surface area contributed by atoms with Gasteiger partial charge in [-0.25, -0.2) is 0 Å². The summed E-state index contributed by atoms with van der Waals surface area (Å²) < 4.78 is 0.896. The lowest BCUT2D eigenvalue weighted by molar-refractivity contribution is 0.0999. The molecule has 0 atom stereocenters. The second-order valence-electron chi connectivity index (χ2n) is 2.87. The number of primary amides is 1. The second kappa shape index (κ2) is 6.95. The Bertz CT molecular complexity index is 419. The van der Waals surface area contributed by atoms with Gasteiger partial charge in [-0.2, -0.15) is 0 Å². The van der Waals surface area contributed by atoms with Crippen molar-refractivity contribution in [2.75, 3.05) is 0 Å². The molecule has 0 fully saturated rings. The number of nitrogens with zero attached hydrogens (tertiary/aromatic N) is 1. The highest BCUT2D eigenvalue weighted by molar-refractivity contribution is 14.1. The molecular weight excluding hydrogens is 315 g/mol. The van der Waals surface area contributed by atoms with Crippen molar-refractivity contribution in [3.05, 3.63) is 64.0 Å². The molecule has 0 spiro atoms. The van der Waals surface area contributed by atoms with Crippen LogP contribution in [0.1, 0.15) is 10.4 Å². The number of pyridine rings is 1. The molecule has 2 rings (SSSR count). The van der Waals surface area contributed by atoms with Crippen LogP contribution < -0.4 is 5.73 Å². The Balaban J connectivity index is 0.000000181. The number of rotatable bonds is 1. The Morgan fingerprint density at radius 2 is 1.69 bits per heavy atom. The fourth-order valence-electron chi connectivity index (χ4n) is 0.974. The van der Waals surface area contributed by atoms with Gasteiger partial charge in [0.2, 0.25) is 5.91 Å². The van der Waals surface area contributed by atoms with Crippen LogP contribution in [0.3, 0.4) is 0 Å². The zero-order valence-electron chi connectivity index (χ0n) is 8.51. The highest BCUT2D eigenvalue weighted by atomic mass is 127. The minimum Gasteiger partial charge on any atom is -0.366 e. The van der Waals surface area contributed by atoms with Gasteiger partial charge in [0.05, 0.1) is 5.56 Å². The van der Waals surface area contributed by atoms with Gasteiger partial charge in [0.25, 0.3) is 0 Å². The lowest BCUT2D eigenvalue weighted by Crippen LogP contribution is -2.12. The van der Waals surface area contributed by atoms with E-state index in [0.29, 0.717) is 5.56 Å². The van der Waals surface area contributed by atoms with E-state index in [9.17, 15) is 4.79 Å². The molecule has 82 valence electrons. The van der Waals surface area contributed by atoms with Crippen molar-refractivity contribution in [3.63, 3.8) is 0 Å². The van der Waals surface area contributed by atoms with Gasteiger partial charge in [-0.15, -0.1) is 0 Å². The molecule has 2 N–H and O–H groups in total. The largest absolute Gasteiger partial charge is 0.366 e. The van der Waals surface area contributed by atoms with Crippen molar-refractivity contribution in [1.82, 2.24) is 4.98 Å². The van der Waals surface area contributed by atoms with Crippen molar-refractivity contribution in [1.29, 1.82) is 0 Å². The number of nitrogens with two attached hydrogens (primary N) is 1. The third-order valence-corrected chi connectivity index (χ3v) is 2.65. The maximum atomic E-state index is 10.6. The first-order chi connectivity index (χ1) is 7.72. The second-order valence-corrected chi connectivity index (χ2v) is 4.03. The molecule has 0 bridgehead atoms. The molecule has 4 heteroatoms. The van der Waals surface area contributed by atoms with Gasteiger partial charge < -0.3 is 5.73 Å². The van der Waals surface area contributed by atoms with E-state index in [4.69, 9.17) is 5.73 Å². The number of aromatic nitrogens is 1. The monoisotopic (exact) mass is 326 g/mol. The van der Waals surface area contributed by atoms with Crippen LogP contribution in [0.2, 0.25) is 0 Å². The number of hydrogen-bond acceptors (Lipinski definition) is 2. The summed E-state index contributed by atoms with van der Waals surface area (Å²) in [5, 5.41) is 0. The van der Waals surface area contributed by atoms with Crippen molar-refractivity contribution < 1.29 is 4.79 Å². The van der Waals surface area contributed by atoms with Gasteiger partial charge in [0.1, 0.15) is 0 Å². The lowest BCUT2D eigenvalue weighted by atomic mass is 10.2. The average Bonchev–Trinajstić information content (AvgIpc) is 2.32. The lowest BCUT2D eigenvalue weighted by Gasteiger charge is -1.95. The van der Waals surface area contributed by atoms with Crippen molar-refractivity contribution in [3.8, 4) is 0 Å². The Hall–Kier alpha value is -1.43. The summed E-state index contributed by atoms with van der Waals surface area (Å²) in [6.07, 6.45) is 3.50. The minimum absolute atomic E-state index is 0.370. The highest BCUT2D eigenvalue weighted by Crippen LogP contribution is 2.09. The predicted octanol–water partition coefficient (Wildman–Crippen LogP) is 2.47. The minimum atomic E-state index is -0.370. The van der Waals surface area contributed by atoms with Crippen LogP contribution >= 0.6 is 22.6 Å². The standard InChI is InChI=1S/C7H6INO.C5H5N/c8-6-4-2-1-3-5(6)7(9)10;1-2-4-6-5-3-1/h1-4H,(H2,9,10);1-5H. The molecule has 1 aromatic carbocycles. The van der Waals surface area contributed by atoms with Gasteiger partial charge in [-0.3, -0.25) is 9.78 Å². The third kappa shape index (κ3) is 4.39. The van der Waals surface area contributed by atoms with E-state index in [1.54, 1.807) is 24.5 Å². The molecule has 3 nitrogen and oxygen atoms in total. The number of benzene rings is 1. The molecule has 0 aliphatic rings. The molecule has 1 aromatic heterocycles. The van der Waals surface area contributed by atoms with E-state index in [2.05, 4.69) is 27.6 Å². The average molecular weight is 326 g/mol. The fraction of sp³-hybridized carbons (Fsp3) is 0. The zero-order chi connectivity index (χ0) is 11.8. The first-order valence-electron chi connectivity index (χ1n) is 4.61. The van der Waals surface area contributed by atoms with Crippen LogP contribution in [0.25, 0.3) is 0 Å². The Morgan fingerprint density at radius 3 is 2.00 bits per heavy atom. The number of amides is 1. The molecule has 0 aliphatic carbocycles. The predicted molar refractivity (Wildman–Crippen MR) is 71.9 cm³/mol. The molecule has 1 amide bonds. The summed E-state index contributed by atoms with van der Waals surface area (Å²) in [6, 6.07) is 12.9. The number of hydrogen-bond donors (Lipinski definition) is 1. The van der Waals surface area contributed by atoms with Crippen LogP contribution in [0, 0.1) is 3.57 Å². The maximum Gasteiger partial charge on any atom is 0.249 e. The van der Waals surface area contributed by atoms with Gasteiger partial charge in [-0.1, -0.05) is 18.2 Å². The van der Waals surface area contributed by atoms with Gasteiger partial charge in [-0.05, 0) is 46.9 Å². The van der Waals surface area contributed by atoms with E-state index < -0.39 is 0 Å². The zero-order valence-corrected chi connectivity index (χ0v) is 10.7. The molecule has 0 saturated carbocycles. The summed E-state index contributed by atoms with van der Waals surface area (Å²) in [6.45, 7) is 0. The van der Waals surface area contributed by atoms with Gasteiger partial charge in [0, 0.05) is 16.0 Å².